The smallest absolute Gasteiger partial charge is 0.343 e. The number of hydrogen-bond donors (Lipinski definition) is 2. The third-order valence-electron chi connectivity index (χ3n) is 5.46. The molecule has 4 rings (SSSR count). The normalized spacial score (nSPS) is 10.7. The average Bonchev–Trinajstić information content (AvgIpc) is 2.95. The van der Waals surface area contributed by atoms with E-state index in [0.29, 0.717) is 39.8 Å². The Labute approximate surface area is 244 Å². The Balaban J connectivity index is 1.43. The van der Waals surface area contributed by atoms with Crippen LogP contribution in [0, 0.1) is 0 Å². The fraction of sp³-hybridized carbons (Fsp3) is 0.0667. The zero-order valence-electron chi connectivity index (χ0n) is 21.2. The van der Waals surface area contributed by atoms with Crippen LogP contribution in [0.5, 0.6) is 11.5 Å². The van der Waals surface area contributed by atoms with Gasteiger partial charge in [-0.15, -0.1) is 0 Å². The molecule has 0 unspecified atom stereocenters. The maximum Gasteiger partial charge on any atom is 0.343 e. The molecule has 0 fully saturated rings. The number of para-hydroxylation sites is 1. The molecule has 0 aliphatic carbocycles. The molecule has 0 atom stereocenters. The van der Waals surface area contributed by atoms with Crippen LogP contribution in [0.25, 0.3) is 0 Å². The lowest BCUT2D eigenvalue weighted by atomic mass is 10.1. The molecule has 0 aliphatic rings. The Hall–Kier alpha value is -4.47. The fourth-order valence-corrected chi connectivity index (χ4v) is 3.90. The van der Waals surface area contributed by atoms with Crippen LogP contribution >= 0.6 is 27.5 Å². The lowest BCUT2D eigenvalue weighted by molar-refractivity contribution is 0.0728. The number of rotatable bonds is 9. The van der Waals surface area contributed by atoms with Gasteiger partial charge in [-0.1, -0.05) is 39.7 Å². The van der Waals surface area contributed by atoms with E-state index in [2.05, 4.69) is 31.8 Å². The van der Waals surface area contributed by atoms with Gasteiger partial charge in [-0.25, -0.2) is 10.2 Å². The molecule has 0 saturated carbocycles. The standard InChI is InChI=1S/C30H23BrClN3O5/c1-2-39-27-17-19(7-16-26(27)40-30(38)21-8-12-22(31)13-9-21)18-33-35-29(37)24-5-3-4-6-25(24)34-28(36)20-10-14-23(32)15-11-20/h3-18H,2H2,1H3,(H,34,36)(H,35,37)/b33-18-. The van der Waals surface area contributed by atoms with E-state index in [1.54, 1.807) is 91.0 Å². The Morgan fingerprint density at radius 3 is 2.30 bits per heavy atom. The lowest BCUT2D eigenvalue weighted by Gasteiger charge is -2.11. The molecule has 0 heterocycles. The van der Waals surface area contributed by atoms with Crippen molar-refractivity contribution in [2.24, 2.45) is 5.10 Å². The second-order valence-electron chi connectivity index (χ2n) is 8.24. The van der Waals surface area contributed by atoms with Crippen LogP contribution in [0.1, 0.15) is 43.6 Å². The van der Waals surface area contributed by atoms with Crippen molar-refractivity contribution in [3.8, 4) is 11.5 Å². The van der Waals surface area contributed by atoms with Gasteiger partial charge < -0.3 is 14.8 Å². The van der Waals surface area contributed by atoms with Crippen molar-refractivity contribution in [2.75, 3.05) is 11.9 Å². The number of hydrogen-bond acceptors (Lipinski definition) is 6. The van der Waals surface area contributed by atoms with Crippen molar-refractivity contribution in [1.29, 1.82) is 0 Å². The van der Waals surface area contributed by atoms with Crippen molar-refractivity contribution < 1.29 is 23.9 Å². The van der Waals surface area contributed by atoms with Crippen LogP contribution in [-0.2, 0) is 0 Å². The fourth-order valence-electron chi connectivity index (χ4n) is 3.51. The van der Waals surface area contributed by atoms with Gasteiger partial charge in [0.25, 0.3) is 11.8 Å². The largest absolute Gasteiger partial charge is 0.490 e. The first-order valence-electron chi connectivity index (χ1n) is 12.1. The van der Waals surface area contributed by atoms with Crippen molar-refractivity contribution in [3.05, 3.63) is 123 Å². The second kappa shape index (κ2) is 13.5. The Kier molecular flexibility index (Phi) is 9.66. The molecule has 0 saturated heterocycles. The third-order valence-corrected chi connectivity index (χ3v) is 6.24. The number of carbonyl (C=O) groups is 3. The molecule has 2 N–H and O–H groups in total. The molecule has 0 aromatic heterocycles. The SMILES string of the molecule is CCOc1cc(/C=N\NC(=O)c2ccccc2NC(=O)c2ccc(Cl)cc2)ccc1OC(=O)c1ccc(Br)cc1. The summed E-state index contributed by atoms with van der Waals surface area (Å²) >= 11 is 9.23. The van der Waals surface area contributed by atoms with Gasteiger partial charge in [-0.3, -0.25) is 9.59 Å². The minimum absolute atomic E-state index is 0.229. The number of hydrazone groups is 1. The summed E-state index contributed by atoms with van der Waals surface area (Å²) in [6, 6.07) is 24.7. The zero-order valence-corrected chi connectivity index (χ0v) is 23.5. The number of esters is 1. The molecule has 0 radical (unpaired) electrons. The molecular weight excluding hydrogens is 598 g/mol. The Morgan fingerprint density at radius 1 is 0.875 bits per heavy atom. The second-order valence-corrected chi connectivity index (χ2v) is 9.59. The molecule has 4 aromatic rings. The number of halogens is 2. The predicted molar refractivity (Wildman–Crippen MR) is 158 cm³/mol. The third kappa shape index (κ3) is 7.56. The van der Waals surface area contributed by atoms with Gasteiger partial charge in [-0.05, 0) is 91.3 Å². The van der Waals surface area contributed by atoms with Crippen molar-refractivity contribution >= 4 is 57.2 Å². The van der Waals surface area contributed by atoms with E-state index < -0.39 is 11.9 Å². The maximum atomic E-state index is 12.8. The van der Waals surface area contributed by atoms with E-state index in [0.717, 1.165) is 4.47 Å². The zero-order chi connectivity index (χ0) is 28.5. The van der Waals surface area contributed by atoms with Gasteiger partial charge in [0.15, 0.2) is 11.5 Å². The number of anilines is 1. The van der Waals surface area contributed by atoms with Crippen LogP contribution < -0.4 is 20.2 Å². The van der Waals surface area contributed by atoms with Crippen LogP contribution in [0.4, 0.5) is 5.69 Å². The number of ether oxygens (including phenoxy) is 2. The van der Waals surface area contributed by atoms with Crippen LogP contribution in [0.3, 0.4) is 0 Å². The molecule has 40 heavy (non-hydrogen) atoms. The van der Waals surface area contributed by atoms with E-state index in [1.165, 1.54) is 6.21 Å². The van der Waals surface area contributed by atoms with E-state index in [9.17, 15) is 14.4 Å². The summed E-state index contributed by atoms with van der Waals surface area (Å²) in [4.78, 5) is 38.0. The highest BCUT2D eigenvalue weighted by atomic mass is 79.9. The summed E-state index contributed by atoms with van der Waals surface area (Å²) in [5, 5.41) is 7.28. The molecule has 10 heteroatoms. The highest BCUT2D eigenvalue weighted by Gasteiger charge is 2.15. The number of nitrogens with one attached hydrogen (secondary N) is 2. The van der Waals surface area contributed by atoms with Crippen LogP contribution in [0.15, 0.2) is 101 Å². The molecule has 4 aromatic carbocycles. The van der Waals surface area contributed by atoms with Crippen molar-refractivity contribution in [2.45, 2.75) is 6.92 Å². The van der Waals surface area contributed by atoms with Gasteiger partial charge in [0, 0.05) is 15.1 Å². The minimum atomic E-state index is -0.524. The first kappa shape index (κ1) is 28.5. The van der Waals surface area contributed by atoms with E-state index in [1.807, 2.05) is 6.92 Å². The minimum Gasteiger partial charge on any atom is -0.490 e. The van der Waals surface area contributed by atoms with Crippen molar-refractivity contribution in [3.63, 3.8) is 0 Å². The molecule has 202 valence electrons. The Bertz CT molecular complexity index is 1560. The highest BCUT2D eigenvalue weighted by molar-refractivity contribution is 9.10. The number of benzene rings is 4. The molecular formula is C30H23BrClN3O5. The molecule has 2 amide bonds. The highest BCUT2D eigenvalue weighted by Crippen LogP contribution is 2.29. The van der Waals surface area contributed by atoms with E-state index in [4.69, 9.17) is 21.1 Å². The molecule has 0 spiro atoms. The number of carbonyl (C=O) groups excluding carboxylic acids is 3. The summed E-state index contributed by atoms with van der Waals surface area (Å²) in [6.07, 6.45) is 1.43. The summed E-state index contributed by atoms with van der Waals surface area (Å²) in [5.74, 6) is -0.832. The van der Waals surface area contributed by atoms with E-state index >= 15 is 0 Å². The van der Waals surface area contributed by atoms with Gasteiger partial charge in [0.2, 0.25) is 0 Å². The summed E-state index contributed by atoms with van der Waals surface area (Å²) in [7, 11) is 0. The number of nitrogens with zero attached hydrogens (tertiary/aromatic N) is 1. The summed E-state index contributed by atoms with van der Waals surface area (Å²) < 4.78 is 12.0. The average molecular weight is 621 g/mol. The van der Waals surface area contributed by atoms with Gasteiger partial charge in [0.1, 0.15) is 0 Å². The molecule has 8 nitrogen and oxygen atoms in total. The predicted octanol–water partition coefficient (Wildman–Crippen LogP) is 6.74. The van der Waals surface area contributed by atoms with E-state index in [-0.39, 0.29) is 17.2 Å². The molecule has 0 aliphatic heterocycles. The quantitative estimate of drug-likeness (QED) is 0.0934. The van der Waals surface area contributed by atoms with Crippen molar-refractivity contribution in [1.82, 2.24) is 5.43 Å². The van der Waals surface area contributed by atoms with Crippen LogP contribution in [-0.4, -0.2) is 30.6 Å². The maximum absolute atomic E-state index is 12.8. The van der Waals surface area contributed by atoms with Crippen LogP contribution in [0.2, 0.25) is 5.02 Å². The monoisotopic (exact) mass is 619 g/mol. The number of amides is 2. The lowest BCUT2D eigenvalue weighted by Crippen LogP contribution is -2.21. The summed E-state index contributed by atoms with van der Waals surface area (Å²) in [6.45, 7) is 2.16. The van der Waals surface area contributed by atoms with Gasteiger partial charge >= 0.3 is 5.97 Å². The van der Waals surface area contributed by atoms with Gasteiger partial charge in [0.05, 0.1) is 29.6 Å². The first-order chi connectivity index (χ1) is 19.3. The Morgan fingerprint density at radius 2 is 1.57 bits per heavy atom. The summed E-state index contributed by atoms with van der Waals surface area (Å²) in [5.41, 5.74) is 4.40. The first-order valence-corrected chi connectivity index (χ1v) is 13.2. The molecule has 0 bridgehead atoms. The van der Waals surface area contributed by atoms with Gasteiger partial charge in [-0.2, -0.15) is 5.10 Å². The topological polar surface area (TPSA) is 106 Å².